The van der Waals surface area contributed by atoms with Gasteiger partial charge in [0.15, 0.2) is 0 Å². The van der Waals surface area contributed by atoms with Crippen molar-refractivity contribution in [1.29, 1.82) is 0 Å². The van der Waals surface area contributed by atoms with Gasteiger partial charge in [0.1, 0.15) is 0 Å². The van der Waals surface area contributed by atoms with Crippen LogP contribution in [0.3, 0.4) is 0 Å². The molecule has 0 fully saturated rings. The highest BCUT2D eigenvalue weighted by molar-refractivity contribution is 5.92. The summed E-state index contributed by atoms with van der Waals surface area (Å²) < 4.78 is 0. The summed E-state index contributed by atoms with van der Waals surface area (Å²) in [5, 5.41) is 5.93. The maximum atomic E-state index is 11.6. The Hall–Kier alpha value is -1.39. The van der Waals surface area contributed by atoms with E-state index < -0.39 is 0 Å². The van der Waals surface area contributed by atoms with Gasteiger partial charge in [-0.3, -0.25) is 4.79 Å². The molecular weight excluding hydrogens is 214 g/mol. The molecule has 1 aromatic carbocycles. The number of nitrogens with one attached hydrogen (secondary N) is 2. The number of benzene rings is 1. The Kier molecular flexibility index (Phi) is 5.66. The van der Waals surface area contributed by atoms with Crippen molar-refractivity contribution in [2.45, 2.75) is 13.5 Å². The van der Waals surface area contributed by atoms with Gasteiger partial charge >= 0.3 is 0 Å². The second kappa shape index (κ2) is 7.04. The molecule has 0 saturated carbocycles. The van der Waals surface area contributed by atoms with E-state index >= 15 is 0 Å². The van der Waals surface area contributed by atoms with Gasteiger partial charge in [-0.05, 0) is 32.3 Å². The highest BCUT2D eigenvalue weighted by Gasteiger charge is 2.06. The zero-order valence-corrected chi connectivity index (χ0v) is 10.8. The molecule has 0 unspecified atom stereocenters. The lowest BCUT2D eigenvalue weighted by atomic mass is 10.1. The van der Waals surface area contributed by atoms with Crippen LogP contribution in [0.1, 0.15) is 12.5 Å². The van der Waals surface area contributed by atoms with E-state index in [0.717, 1.165) is 24.3 Å². The molecule has 4 heteroatoms. The molecule has 0 aliphatic heterocycles. The monoisotopic (exact) mass is 235 g/mol. The van der Waals surface area contributed by atoms with Gasteiger partial charge < -0.3 is 15.5 Å². The summed E-state index contributed by atoms with van der Waals surface area (Å²) in [5.74, 6) is -0.00180. The van der Waals surface area contributed by atoms with Crippen molar-refractivity contribution in [2.75, 3.05) is 32.5 Å². The molecule has 0 heterocycles. The minimum atomic E-state index is -0.00180. The number of para-hydroxylation sites is 1. The summed E-state index contributed by atoms with van der Waals surface area (Å²) in [6, 6.07) is 7.88. The number of nitrogens with zero attached hydrogens (tertiary/aromatic N) is 1. The summed E-state index contributed by atoms with van der Waals surface area (Å²) in [5.41, 5.74) is 2.02. The van der Waals surface area contributed by atoms with Gasteiger partial charge in [0.2, 0.25) is 5.91 Å². The quantitative estimate of drug-likeness (QED) is 0.781. The number of carbonyl (C=O) groups is 1. The van der Waals surface area contributed by atoms with Crippen LogP contribution < -0.4 is 10.6 Å². The fourth-order valence-corrected chi connectivity index (χ4v) is 1.55. The van der Waals surface area contributed by atoms with Gasteiger partial charge in [-0.2, -0.15) is 0 Å². The number of hydrogen-bond acceptors (Lipinski definition) is 3. The number of carbonyl (C=O) groups excluding carboxylic acids is 1. The van der Waals surface area contributed by atoms with E-state index in [4.69, 9.17) is 0 Å². The van der Waals surface area contributed by atoms with Crippen molar-refractivity contribution in [3.8, 4) is 0 Å². The van der Waals surface area contributed by atoms with Crippen LogP contribution in [-0.4, -0.2) is 38.0 Å². The lowest BCUT2D eigenvalue weighted by molar-refractivity contribution is -0.115. The maximum Gasteiger partial charge on any atom is 0.238 e. The fourth-order valence-electron chi connectivity index (χ4n) is 1.55. The molecular formula is C13H21N3O. The normalized spacial score (nSPS) is 10.6. The first-order chi connectivity index (χ1) is 8.13. The highest BCUT2D eigenvalue weighted by Crippen LogP contribution is 2.15. The molecule has 0 aromatic heterocycles. The molecule has 0 radical (unpaired) electrons. The van der Waals surface area contributed by atoms with Crippen LogP contribution in [0, 0.1) is 0 Å². The first kappa shape index (κ1) is 13.7. The van der Waals surface area contributed by atoms with Crippen molar-refractivity contribution in [1.82, 2.24) is 10.2 Å². The van der Waals surface area contributed by atoms with Crippen LogP contribution in [0.5, 0.6) is 0 Å². The lowest BCUT2D eigenvalue weighted by Crippen LogP contribution is -2.28. The molecule has 17 heavy (non-hydrogen) atoms. The summed E-state index contributed by atoms with van der Waals surface area (Å²) in [4.78, 5) is 13.7. The zero-order valence-electron chi connectivity index (χ0n) is 10.8. The van der Waals surface area contributed by atoms with Crippen LogP contribution in [-0.2, 0) is 11.3 Å². The molecule has 4 nitrogen and oxygen atoms in total. The lowest BCUT2D eigenvalue weighted by Gasteiger charge is -2.14. The molecule has 1 rings (SSSR count). The Labute approximate surface area is 103 Å². The highest BCUT2D eigenvalue weighted by atomic mass is 16.1. The average Bonchev–Trinajstić information content (AvgIpc) is 2.28. The largest absolute Gasteiger partial charge is 0.325 e. The standard InChI is InChI=1S/C13H21N3O/c1-4-14-9-13(17)15-12-8-6-5-7-11(12)10-16(2)3/h5-8,14H,4,9-10H2,1-3H3,(H,15,17). The first-order valence-corrected chi connectivity index (χ1v) is 5.86. The number of likely N-dealkylation sites (N-methyl/N-ethyl adjacent to an activating group) is 1. The van der Waals surface area contributed by atoms with Gasteiger partial charge in [0, 0.05) is 12.2 Å². The third kappa shape index (κ3) is 4.97. The summed E-state index contributed by atoms with van der Waals surface area (Å²) in [7, 11) is 4.02. The van der Waals surface area contributed by atoms with Crippen LogP contribution in [0.2, 0.25) is 0 Å². The molecule has 0 atom stereocenters. The van der Waals surface area contributed by atoms with Crippen molar-refractivity contribution >= 4 is 11.6 Å². The van der Waals surface area contributed by atoms with E-state index in [1.807, 2.05) is 45.3 Å². The Bertz CT molecular complexity index is 363. The van der Waals surface area contributed by atoms with Crippen LogP contribution in [0.15, 0.2) is 24.3 Å². The molecule has 0 aliphatic rings. The van der Waals surface area contributed by atoms with Crippen LogP contribution >= 0.6 is 0 Å². The van der Waals surface area contributed by atoms with Gasteiger partial charge in [-0.25, -0.2) is 0 Å². The molecule has 1 aromatic rings. The van der Waals surface area contributed by atoms with E-state index in [1.165, 1.54) is 0 Å². The van der Waals surface area contributed by atoms with Gasteiger partial charge in [0.05, 0.1) is 6.54 Å². The minimum absolute atomic E-state index is 0.00180. The maximum absolute atomic E-state index is 11.6. The summed E-state index contributed by atoms with van der Waals surface area (Å²) in [6.45, 7) is 3.95. The van der Waals surface area contributed by atoms with Crippen molar-refractivity contribution < 1.29 is 4.79 Å². The van der Waals surface area contributed by atoms with Gasteiger partial charge in [-0.1, -0.05) is 25.1 Å². The SMILES string of the molecule is CCNCC(=O)Nc1ccccc1CN(C)C. The number of hydrogen-bond donors (Lipinski definition) is 2. The molecule has 0 bridgehead atoms. The van der Waals surface area contributed by atoms with Gasteiger partial charge in [0.25, 0.3) is 0 Å². The minimum Gasteiger partial charge on any atom is -0.325 e. The fraction of sp³-hybridized carbons (Fsp3) is 0.462. The Morgan fingerprint density at radius 2 is 2.00 bits per heavy atom. The second-order valence-electron chi connectivity index (χ2n) is 4.22. The molecule has 0 aliphatic carbocycles. The average molecular weight is 235 g/mol. The van der Waals surface area contributed by atoms with Crippen molar-refractivity contribution in [3.63, 3.8) is 0 Å². The Balaban J connectivity index is 2.66. The smallest absolute Gasteiger partial charge is 0.238 e. The van der Waals surface area contributed by atoms with E-state index in [9.17, 15) is 4.79 Å². The topological polar surface area (TPSA) is 44.4 Å². The second-order valence-corrected chi connectivity index (χ2v) is 4.22. The van der Waals surface area contributed by atoms with Crippen molar-refractivity contribution in [2.24, 2.45) is 0 Å². The number of amides is 1. The van der Waals surface area contributed by atoms with E-state index in [0.29, 0.717) is 6.54 Å². The van der Waals surface area contributed by atoms with Gasteiger partial charge in [-0.15, -0.1) is 0 Å². The van der Waals surface area contributed by atoms with Crippen LogP contribution in [0.4, 0.5) is 5.69 Å². The van der Waals surface area contributed by atoms with E-state index in [-0.39, 0.29) is 5.91 Å². The van der Waals surface area contributed by atoms with Crippen molar-refractivity contribution in [3.05, 3.63) is 29.8 Å². The number of anilines is 1. The zero-order chi connectivity index (χ0) is 12.7. The third-order valence-corrected chi connectivity index (χ3v) is 2.31. The Morgan fingerprint density at radius 1 is 1.29 bits per heavy atom. The van der Waals surface area contributed by atoms with Crippen LogP contribution in [0.25, 0.3) is 0 Å². The predicted molar refractivity (Wildman–Crippen MR) is 71.0 cm³/mol. The molecule has 1 amide bonds. The molecule has 2 N–H and O–H groups in total. The summed E-state index contributed by atoms with van der Waals surface area (Å²) in [6.07, 6.45) is 0. The number of rotatable bonds is 6. The third-order valence-electron chi connectivity index (χ3n) is 2.31. The first-order valence-electron chi connectivity index (χ1n) is 5.86. The van der Waals surface area contributed by atoms with E-state index in [2.05, 4.69) is 15.5 Å². The molecule has 94 valence electrons. The Morgan fingerprint density at radius 3 is 2.65 bits per heavy atom. The summed E-state index contributed by atoms with van der Waals surface area (Å²) >= 11 is 0. The predicted octanol–water partition coefficient (Wildman–Crippen LogP) is 1.30. The van der Waals surface area contributed by atoms with E-state index in [1.54, 1.807) is 0 Å². The molecule has 0 saturated heterocycles. The molecule has 0 spiro atoms.